The van der Waals surface area contributed by atoms with Gasteiger partial charge in [0.25, 0.3) is 0 Å². The van der Waals surface area contributed by atoms with Crippen LogP contribution in [0.1, 0.15) is 31.9 Å². The van der Waals surface area contributed by atoms with Gasteiger partial charge in [-0.25, -0.2) is 9.55 Å². The normalized spacial score (nSPS) is 12.3. The SMILES string of the molecule is Cc1ccc2c(oc3nc4ccccc4cc32)c1-c1cc(CC(C)(C)C)cc[n+]1C. The van der Waals surface area contributed by atoms with Crippen LogP contribution >= 0.6 is 0 Å². The van der Waals surface area contributed by atoms with E-state index < -0.39 is 0 Å². The molecule has 0 amide bonds. The molecule has 3 heterocycles. The minimum atomic E-state index is 0.238. The molecule has 0 aliphatic rings. The molecule has 0 bridgehead atoms. The lowest BCUT2D eigenvalue weighted by Crippen LogP contribution is -2.31. The summed E-state index contributed by atoms with van der Waals surface area (Å²) >= 11 is 0. The van der Waals surface area contributed by atoms with Crippen LogP contribution in [0, 0.1) is 12.3 Å². The van der Waals surface area contributed by atoms with Gasteiger partial charge in [0.05, 0.1) is 11.1 Å². The zero-order valence-electron chi connectivity index (χ0n) is 18.3. The lowest BCUT2D eigenvalue weighted by Gasteiger charge is -2.18. The molecule has 3 heteroatoms. The Morgan fingerprint density at radius 3 is 2.57 bits per heavy atom. The van der Waals surface area contributed by atoms with Crippen molar-refractivity contribution >= 4 is 33.0 Å². The Kier molecular flexibility index (Phi) is 4.18. The highest BCUT2D eigenvalue weighted by molar-refractivity contribution is 6.11. The predicted molar refractivity (Wildman–Crippen MR) is 124 cm³/mol. The van der Waals surface area contributed by atoms with Crippen molar-refractivity contribution in [2.45, 2.75) is 34.1 Å². The summed E-state index contributed by atoms with van der Waals surface area (Å²) in [5.74, 6) is 0. The Morgan fingerprint density at radius 2 is 1.77 bits per heavy atom. The first-order chi connectivity index (χ1) is 14.3. The molecule has 0 aliphatic carbocycles. The molecule has 0 saturated heterocycles. The summed E-state index contributed by atoms with van der Waals surface area (Å²) in [5, 5.41) is 3.32. The molecule has 30 heavy (non-hydrogen) atoms. The van der Waals surface area contributed by atoms with E-state index in [9.17, 15) is 0 Å². The average molecular weight is 396 g/mol. The topological polar surface area (TPSA) is 29.9 Å². The Hall–Kier alpha value is -3.20. The lowest BCUT2D eigenvalue weighted by atomic mass is 9.88. The molecule has 0 atom stereocenters. The van der Waals surface area contributed by atoms with E-state index in [0.29, 0.717) is 5.71 Å². The smallest absolute Gasteiger partial charge is 0.227 e. The van der Waals surface area contributed by atoms with E-state index in [0.717, 1.165) is 39.2 Å². The van der Waals surface area contributed by atoms with Crippen LogP contribution in [0.25, 0.3) is 44.2 Å². The average Bonchev–Trinajstić information content (AvgIpc) is 3.04. The van der Waals surface area contributed by atoms with Crippen LogP contribution in [-0.4, -0.2) is 4.98 Å². The summed E-state index contributed by atoms with van der Waals surface area (Å²) in [6.07, 6.45) is 3.19. The standard InChI is InChI=1S/C27H27N2O/c1-17-10-11-20-21-15-19-8-6-7-9-22(19)28-26(21)30-25(20)24(17)23-14-18(12-13-29(23)5)16-27(2,3)4/h6-15H,16H2,1-5H3/q+1. The van der Waals surface area contributed by atoms with Crippen molar-refractivity contribution in [2.75, 3.05) is 0 Å². The Labute approximate surface area is 177 Å². The van der Waals surface area contributed by atoms with Crippen molar-refractivity contribution < 1.29 is 8.98 Å². The van der Waals surface area contributed by atoms with E-state index in [4.69, 9.17) is 9.40 Å². The second-order valence-corrected chi connectivity index (χ2v) is 9.54. The zero-order valence-corrected chi connectivity index (χ0v) is 18.3. The second-order valence-electron chi connectivity index (χ2n) is 9.54. The fourth-order valence-corrected chi connectivity index (χ4v) is 4.37. The Bertz CT molecular complexity index is 1420. The number of aromatic nitrogens is 2. The van der Waals surface area contributed by atoms with E-state index in [-0.39, 0.29) is 5.41 Å². The molecule has 0 radical (unpaired) electrons. The second kappa shape index (κ2) is 6.66. The maximum absolute atomic E-state index is 6.40. The molecule has 0 aliphatic heterocycles. The molecule has 0 unspecified atom stereocenters. The van der Waals surface area contributed by atoms with E-state index in [1.54, 1.807) is 0 Å². The van der Waals surface area contributed by atoms with Gasteiger partial charge in [-0.05, 0) is 42.0 Å². The third-order valence-corrected chi connectivity index (χ3v) is 5.75. The summed E-state index contributed by atoms with van der Waals surface area (Å²) in [5.41, 5.74) is 7.67. The van der Waals surface area contributed by atoms with Crippen LogP contribution in [0.4, 0.5) is 0 Å². The number of aryl methyl sites for hydroxylation is 2. The van der Waals surface area contributed by atoms with E-state index in [2.05, 4.69) is 88.0 Å². The molecule has 3 aromatic heterocycles. The lowest BCUT2D eigenvalue weighted by molar-refractivity contribution is -0.660. The van der Waals surface area contributed by atoms with Crippen molar-refractivity contribution in [2.24, 2.45) is 12.5 Å². The van der Waals surface area contributed by atoms with Gasteiger partial charge in [0.2, 0.25) is 11.4 Å². The highest BCUT2D eigenvalue weighted by atomic mass is 16.3. The summed E-state index contributed by atoms with van der Waals surface area (Å²) in [7, 11) is 2.10. The molecule has 0 N–H and O–H groups in total. The number of benzene rings is 2. The van der Waals surface area contributed by atoms with Crippen LogP contribution in [0.3, 0.4) is 0 Å². The van der Waals surface area contributed by atoms with Gasteiger partial charge >= 0.3 is 0 Å². The van der Waals surface area contributed by atoms with Crippen LogP contribution in [0.5, 0.6) is 0 Å². The fourth-order valence-electron chi connectivity index (χ4n) is 4.37. The molecule has 0 fully saturated rings. The van der Waals surface area contributed by atoms with Gasteiger partial charge in [-0.2, -0.15) is 0 Å². The number of pyridine rings is 2. The van der Waals surface area contributed by atoms with Crippen LogP contribution in [0.15, 0.2) is 65.2 Å². The number of nitrogens with zero attached hydrogens (tertiary/aromatic N) is 2. The van der Waals surface area contributed by atoms with Crippen LogP contribution in [0.2, 0.25) is 0 Å². The molecule has 5 rings (SSSR count). The molecule has 2 aromatic carbocycles. The zero-order chi connectivity index (χ0) is 21.0. The Balaban J connectivity index is 1.80. The van der Waals surface area contributed by atoms with Crippen molar-refractivity contribution in [3.8, 4) is 11.3 Å². The number of rotatable bonds is 2. The predicted octanol–water partition coefficient (Wildman–Crippen LogP) is 6.52. The number of hydrogen-bond donors (Lipinski definition) is 0. The van der Waals surface area contributed by atoms with Crippen molar-refractivity contribution in [3.05, 3.63) is 71.9 Å². The molecule has 5 aromatic rings. The van der Waals surface area contributed by atoms with Gasteiger partial charge in [0.15, 0.2) is 11.8 Å². The van der Waals surface area contributed by atoms with Crippen molar-refractivity contribution in [1.29, 1.82) is 0 Å². The number of fused-ring (bicyclic) bond motifs is 4. The van der Waals surface area contributed by atoms with Gasteiger partial charge in [0, 0.05) is 28.3 Å². The number of hydrogen-bond acceptors (Lipinski definition) is 2. The van der Waals surface area contributed by atoms with Crippen LogP contribution < -0.4 is 4.57 Å². The van der Waals surface area contributed by atoms with Gasteiger partial charge in [-0.15, -0.1) is 0 Å². The van der Waals surface area contributed by atoms with Gasteiger partial charge in [-0.1, -0.05) is 51.1 Å². The third-order valence-electron chi connectivity index (χ3n) is 5.75. The maximum Gasteiger partial charge on any atom is 0.227 e. The summed E-state index contributed by atoms with van der Waals surface area (Å²) in [6.45, 7) is 8.99. The van der Waals surface area contributed by atoms with Gasteiger partial charge in [-0.3, -0.25) is 0 Å². The molecule has 3 nitrogen and oxygen atoms in total. The Morgan fingerprint density at radius 1 is 0.967 bits per heavy atom. The summed E-state index contributed by atoms with van der Waals surface area (Å²) < 4.78 is 8.58. The molecule has 0 saturated carbocycles. The first-order valence-corrected chi connectivity index (χ1v) is 10.5. The number of furan rings is 1. The molecular formula is C27H27N2O+. The minimum Gasteiger partial charge on any atom is -0.437 e. The maximum atomic E-state index is 6.40. The largest absolute Gasteiger partial charge is 0.437 e. The summed E-state index contributed by atoms with van der Waals surface area (Å²) in [6, 6.07) is 19.3. The third kappa shape index (κ3) is 3.15. The van der Waals surface area contributed by atoms with Gasteiger partial charge in [0.1, 0.15) is 7.05 Å². The molecule has 0 spiro atoms. The van der Waals surface area contributed by atoms with Gasteiger partial charge < -0.3 is 4.42 Å². The minimum absolute atomic E-state index is 0.238. The fraction of sp³-hybridized carbons (Fsp3) is 0.259. The van der Waals surface area contributed by atoms with E-state index in [1.165, 1.54) is 16.8 Å². The van der Waals surface area contributed by atoms with Crippen LogP contribution in [-0.2, 0) is 13.5 Å². The van der Waals surface area contributed by atoms with Crippen molar-refractivity contribution in [1.82, 2.24) is 4.98 Å². The van der Waals surface area contributed by atoms with Crippen molar-refractivity contribution in [3.63, 3.8) is 0 Å². The first-order valence-electron chi connectivity index (χ1n) is 10.5. The molecular weight excluding hydrogens is 368 g/mol. The van der Waals surface area contributed by atoms with E-state index in [1.807, 2.05) is 12.1 Å². The monoisotopic (exact) mass is 395 g/mol. The first kappa shape index (κ1) is 18.8. The summed E-state index contributed by atoms with van der Waals surface area (Å²) in [4.78, 5) is 4.79. The molecule has 150 valence electrons. The number of para-hydroxylation sites is 1. The quantitative estimate of drug-likeness (QED) is 0.318. The van der Waals surface area contributed by atoms with E-state index >= 15 is 0 Å². The highest BCUT2D eigenvalue weighted by Crippen LogP contribution is 2.37. The highest BCUT2D eigenvalue weighted by Gasteiger charge is 2.22.